The van der Waals surface area contributed by atoms with Crippen LogP contribution in [0.5, 0.6) is 0 Å². The normalized spacial score (nSPS) is 20.1. The van der Waals surface area contributed by atoms with Gasteiger partial charge >= 0.3 is 0 Å². The number of rotatable bonds is 5. The first-order valence-electron chi connectivity index (χ1n) is 6.64. The Morgan fingerprint density at radius 2 is 2.44 bits per heavy atom. The van der Waals surface area contributed by atoms with Gasteiger partial charge in [0.1, 0.15) is 0 Å². The molecule has 1 atom stereocenters. The molecule has 2 heterocycles. The second-order valence-electron chi connectivity index (χ2n) is 4.70. The van der Waals surface area contributed by atoms with Gasteiger partial charge in [0, 0.05) is 31.9 Å². The number of ether oxygens (including phenoxy) is 1. The molecule has 0 spiro atoms. The van der Waals surface area contributed by atoms with Gasteiger partial charge in [-0.05, 0) is 6.42 Å². The van der Waals surface area contributed by atoms with Crippen LogP contribution in [0, 0.1) is 0 Å². The Morgan fingerprint density at radius 3 is 3.17 bits per heavy atom. The molecule has 0 bridgehead atoms. The lowest BCUT2D eigenvalue weighted by Gasteiger charge is -2.33. The summed E-state index contributed by atoms with van der Waals surface area (Å²) in [6.07, 6.45) is 8.24. The highest BCUT2D eigenvalue weighted by atomic mass is 16.5. The van der Waals surface area contributed by atoms with Gasteiger partial charge in [-0.3, -0.25) is 4.79 Å². The Hall–Kier alpha value is -1.36. The maximum Gasteiger partial charge on any atom is 0.222 e. The van der Waals surface area contributed by atoms with E-state index in [9.17, 15) is 4.79 Å². The Balaban J connectivity index is 1.82. The Morgan fingerprint density at radius 1 is 1.56 bits per heavy atom. The van der Waals surface area contributed by atoms with Crippen molar-refractivity contribution >= 4 is 5.91 Å². The smallest absolute Gasteiger partial charge is 0.222 e. The third-order valence-corrected chi connectivity index (χ3v) is 3.21. The second-order valence-corrected chi connectivity index (χ2v) is 4.70. The van der Waals surface area contributed by atoms with Gasteiger partial charge in [-0.15, -0.1) is 0 Å². The zero-order chi connectivity index (χ0) is 12.8. The number of unbranched alkanes of at least 4 members (excludes halogenated alkanes) is 1. The van der Waals surface area contributed by atoms with Crippen LogP contribution in [0.1, 0.15) is 26.2 Å². The molecule has 0 saturated carbocycles. The van der Waals surface area contributed by atoms with E-state index < -0.39 is 0 Å². The number of aromatic nitrogens is 2. The first kappa shape index (κ1) is 13.1. The van der Waals surface area contributed by atoms with Crippen LogP contribution in [0.4, 0.5) is 0 Å². The summed E-state index contributed by atoms with van der Waals surface area (Å²) in [5.41, 5.74) is 0. The molecule has 2 rings (SSSR count). The molecule has 100 valence electrons. The van der Waals surface area contributed by atoms with Gasteiger partial charge < -0.3 is 14.2 Å². The van der Waals surface area contributed by atoms with Crippen molar-refractivity contribution in [3.8, 4) is 0 Å². The molecule has 1 aromatic rings. The summed E-state index contributed by atoms with van der Waals surface area (Å²) >= 11 is 0. The fourth-order valence-corrected chi connectivity index (χ4v) is 2.17. The molecule has 1 unspecified atom stereocenters. The lowest BCUT2D eigenvalue weighted by Crippen LogP contribution is -2.46. The number of morpholine rings is 1. The molecule has 1 saturated heterocycles. The summed E-state index contributed by atoms with van der Waals surface area (Å²) in [4.78, 5) is 17.9. The van der Waals surface area contributed by atoms with E-state index in [1.165, 1.54) is 0 Å². The highest BCUT2D eigenvalue weighted by molar-refractivity contribution is 5.76. The zero-order valence-electron chi connectivity index (χ0n) is 10.9. The molecular weight excluding hydrogens is 230 g/mol. The molecule has 1 aliphatic rings. The Bertz CT molecular complexity index is 364. The summed E-state index contributed by atoms with van der Waals surface area (Å²) in [5, 5.41) is 0. The summed E-state index contributed by atoms with van der Waals surface area (Å²) in [7, 11) is 0. The van der Waals surface area contributed by atoms with E-state index in [-0.39, 0.29) is 12.0 Å². The summed E-state index contributed by atoms with van der Waals surface area (Å²) < 4.78 is 7.68. The minimum Gasteiger partial charge on any atom is -0.373 e. The molecule has 0 aromatic carbocycles. The molecule has 1 fully saturated rings. The predicted molar refractivity (Wildman–Crippen MR) is 68.1 cm³/mol. The maximum absolute atomic E-state index is 12.0. The lowest BCUT2D eigenvalue weighted by atomic mass is 10.2. The number of imidazole rings is 1. The highest BCUT2D eigenvalue weighted by Crippen LogP contribution is 2.10. The van der Waals surface area contributed by atoms with Crippen LogP contribution in [0.25, 0.3) is 0 Å². The summed E-state index contributed by atoms with van der Waals surface area (Å²) in [5.74, 6) is 0.260. The van der Waals surface area contributed by atoms with Crippen molar-refractivity contribution in [3.05, 3.63) is 18.7 Å². The van der Waals surface area contributed by atoms with Crippen LogP contribution in [0.15, 0.2) is 18.7 Å². The van der Waals surface area contributed by atoms with E-state index in [1.807, 2.05) is 15.7 Å². The van der Waals surface area contributed by atoms with Crippen LogP contribution >= 0.6 is 0 Å². The van der Waals surface area contributed by atoms with Crippen LogP contribution in [-0.4, -0.2) is 46.2 Å². The minimum atomic E-state index is 0.0820. The van der Waals surface area contributed by atoms with Crippen molar-refractivity contribution in [1.29, 1.82) is 0 Å². The van der Waals surface area contributed by atoms with Gasteiger partial charge in [0.25, 0.3) is 0 Å². The van der Waals surface area contributed by atoms with E-state index in [0.717, 1.165) is 25.9 Å². The molecule has 5 nitrogen and oxygen atoms in total. The van der Waals surface area contributed by atoms with Crippen molar-refractivity contribution in [2.45, 2.75) is 38.8 Å². The second kappa shape index (κ2) is 6.54. The van der Waals surface area contributed by atoms with Crippen molar-refractivity contribution in [1.82, 2.24) is 14.5 Å². The fourth-order valence-electron chi connectivity index (χ4n) is 2.17. The van der Waals surface area contributed by atoms with E-state index in [0.29, 0.717) is 19.6 Å². The average molecular weight is 251 g/mol. The van der Waals surface area contributed by atoms with Gasteiger partial charge in [0.15, 0.2) is 0 Å². The van der Waals surface area contributed by atoms with Gasteiger partial charge in [-0.1, -0.05) is 13.3 Å². The molecule has 18 heavy (non-hydrogen) atoms. The van der Waals surface area contributed by atoms with Gasteiger partial charge in [-0.25, -0.2) is 4.98 Å². The number of amides is 1. The quantitative estimate of drug-likeness (QED) is 0.792. The zero-order valence-corrected chi connectivity index (χ0v) is 10.9. The maximum atomic E-state index is 12.0. The van der Waals surface area contributed by atoms with E-state index in [2.05, 4.69) is 11.9 Å². The summed E-state index contributed by atoms with van der Waals surface area (Å²) in [6.45, 7) is 4.92. The molecule has 1 aromatic heterocycles. The average Bonchev–Trinajstić information content (AvgIpc) is 2.89. The van der Waals surface area contributed by atoms with Gasteiger partial charge in [-0.2, -0.15) is 0 Å². The van der Waals surface area contributed by atoms with Crippen molar-refractivity contribution in [2.75, 3.05) is 19.7 Å². The van der Waals surface area contributed by atoms with Crippen LogP contribution in [0.2, 0.25) is 0 Å². The van der Waals surface area contributed by atoms with Crippen molar-refractivity contribution in [2.24, 2.45) is 0 Å². The van der Waals surface area contributed by atoms with Crippen LogP contribution in [-0.2, 0) is 16.1 Å². The number of carbonyl (C=O) groups is 1. The fraction of sp³-hybridized carbons (Fsp3) is 0.692. The minimum absolute atomic E-state index is 0.0820. The predicted octanol–water partition coefficient (Wildman–Crippen LogP) is 1.30. The standard InChI is InChI=1S/C13H21N3O2/c1-2-3-4-13(17)16-7-8-18-12(10-16)9-15-6-5-14-11-15/h5-6,11-12H,2-4,7-10H2,1H3. The van der Waals surface area contributed by atoms with Gasteiger partial charge in [0.05, 0.1) is 25.6 Å². The Labute approximate surface area is 108 Å². The SMILES string of the molecule is CCCCC(=O)N1CCOC(Cn2ccnc2)C1. The van der Waals surface area contributed by atoms with E-state index in [4.69, 9.17) is 4.74 Å². The third-order valence-electron chi connectivity index (χ3n) is 3.21. The number of hydrogen-bond acceptors (Lipinski definition) is 3. The van der Waals surface area contributed by atoms with Crippen LogP contribution < -0.4 is 0 Å². The monoisotopic (exact) mass is 251 g/mol. The molecule has 1 amide bonds. The molecule has 0 radical (unpaired) electrons. The highest BCUT2D eigenvalue weighted by Gasteiger charge is 2.23. The van der Waals surface area contributed by atoms with Gasteiger partial charge in [0.2, 0.25) is 5.91 Å². The van der Waals surface area contributed by atoms with E-state index in [1.54, 1.807) is 12.5 Å². The molecular formula is C13H21N3O2. The molecule has 5 heteroatoms. The van der Waals surface area contributed by atoms with Crippen molar-refractivity contribution in [3.63, 3.8) is 0 Å². The lowest BCUT2D eigenvalue weighted by molar-refractivity contribution is -0.139. The molecule has 1 aliphatic heterocycles. The van der Waals surface area contributed by atoms with Crippen molar-refractivity contribution < 1.29 is 9.53 Å². The molecule has 0 aliphatic carbocycles. The number of hydrogen-bond donors (Lipinski definition) is 0. The first-order chi connectivity index (χ1) is 8.79. The summed E-state index contributed by atoms with van der Waals surface area (Å²) in [6, 6.07) is 0. The third kappa shape index (κ3) is 3.57. The Kier molecular flexibility index (Phi) is 4.75. The molecule has 0 N–H and O–H groups in total. The first-order valence-corrected chi connectivity index (χ1v) is 6.64. The largest absolute Gasteiger partial charge is 0.373 e. The topological polar surface area (TPSA) is 47.4 Å². The van der Waals surface area contributed by atoms with E-state index >= 15 is 0 Å². The number of nitrogens with zero attached hydrogens (tertiary/aromatic N) is 3. The van der Waals surface area contributed by atoms with Crippen LogP contribution in [0.3, 0.4) is 0 Å². The number of carbonyl (C=O) groups excluding carboxylic acids is 1.